The number of hydrogen-bond donors (Lipinski definition) is 1. The van der Waals surface area contributed by atoms with Gasteiger partial charge in [0.15, 0.2) is 5.69 Å². The number of nitrogens with zero attached hydrogens (tertiary/aromatic N) is 3. The summed E-state index contributed by atoms with van der Waals surface area (Å²) < 4.78 is 7.01. The number of carbonyl (C=O) groups is 1. The molecule has 20 heavy (non-hydrogen) atoms. The molecule has 2 aromatic heterocycles. The van der Waals surface area contributed by atoms with E-state index in [0.29, 0.717) is 12.2 Å². The van der Waals surface area contributed by atoms with Crippen LogP contribution >= 0.6 is 0 Å². The number of rotatable bonds is 3. The Labute approximate surface area is 117 Å². The Morgan fingerprint density at radius 2 is 2.25 bits per heavy atom. The highest BCUT2D eigenvalue weighted by Gasteiger charge is 2.23. The quantitative estimate of drug-likeness (QED) is 0.921. The molecule has 0 aliphatic heterocycles. The van der Waals surface area contributed by atoms with E-state index in [4.69, 9.17) is 4.52 Å². The lowest BCUT2D eigenvalue weighted by Gasteiger charge is -2.09. The van der Waals surface area contributed by atoms with Crippen LogP contribution in [0.4, 0.5) is 0 Å². The predicted octanol–water partition coefficient (Wildman–Crippen LogP) is 1.53. The van der Waals surface area contributed by atoms with E-state index < -0.39 is 0 Å². The molecule has 0 spiro atoms. The molecular weight excluding hydrogens is 256 g/mol. The van der Waals surface area contributed by atoms with Gasteiger partial charge in [-0.3, -0.25) is 9.48 Å². The normalized spacial score (nSPS) is 14.1. The minimum absolute atomic E-state index is 0.167. The van der Waals surface area contributed by atoms with Gasteiger partial charge >= 0.3 is 0 Å². The molecule has 1 aliphatic rings. The van der Waals surface area contributed by atoms with Crippen molar-refractivity contribution in [2.45, 2.75) is 39.2 Å². The van der Waals surface area contributed by atoms with E-state index in [2.05, 4.69) is 15.6 Å². The molecule has 6 nitrogen and oxygen atoms in total. The first-order chi connectivity index (χ1) is 9.65. The Morgan fingerprint density at radius 1 is 1.45 bits per heavy atom. The van der Waals surface area contributed by atoms with E-state index in [-0.39, 0.29) is 5.91 Å². The molecule has 106 valence electrons. The van der Waals surface area contributed by atoms with Crippen molar-refractivity contribution in [3.63, 3.8) is 0 Å². The zero-order valence-electron chi connectivity index (χ0n) is 11.8. The van der Waals surface area contributed by atoms with Crippen molar-refractivity contribution < 1.29 is 9.32 Å². The standard InChI is InChI=1S/C14H18N4O2/c1-9-10(8-18(2)16-9)7-15-14(19)13-11-5-3-4-6-12(11)20-17-13/h8H,3-7H2,1-2H3,(H,15,19). The van der Waals surface area contributed by atoms with E-state index in [1.54, 1.807) is 4.68 Å². The first kappa shape index (κ1) is 12.9. The van der Waals surface area contributed by atoms with Gasteiger partial charge in [-0.1, -0.05) is 5.16 Å². The van der Waals surface area contributed by atoms with Gasteiger partial charge in [0.2, 0.25) is 0 Å². The van der Waals surface area contributed by atoms with Crippen LogP contribution < -0.4 is 5.32 Å². The largest absolute Gasteiger partial charge is 0.360 e. The number of aromatic nitrogens is 3. The number of nitrogens with one attached hydrogen (secondary N) is 1. The summed E-state index contributed by atoms with van der Waals surface area (Å²) in [7, 11) is 1.87. The number of fused-ring (bicyclic) bond motifs is 1. The van der Waals surface area contributed by atoms with Crippen LogP contribution in [0, 0.1) is 6.92 Å². The summed E-state index contributed by atoms with van der Waals surface area (Å²) in [6, 6.07) is 0. The number of aryl methyl sites for hydroxylation is 3. The van der Waals surface area contributed by atoms with Crippen molar-refractivity contribution >= 4 is 5.91 Å². The molecule has 2 heterocycles. The van der Waals surface area contributed by atoms with Crippen molar-refractivity contribution in [3.8, 4) is 0 Å². The molecule has 0 aromatic carbocycles. The summed E-state index contributed by atoms with van der Waals surface area (Å²) in [4.78, 5) is 12.2. The summed E-state index contributed by atoms with van der Waals surface area (Å²) in [5, 5.41) is 11.1. The third kappa shape index (κ3) is 2.33. The minimum atomic E-state index is -0.167. The van der Waals surface area contributed by atoms with Crippen LogP contribution in [0.25, 0.3) is 0 Å². The second-order valence-corrected chi connectivity index (χ2v) is 5.24. The van der Waals surface area contributed by atoms with Crippen molar-refractivity contribution in [2.75, 3.05) is 0 Å². The Hall–Kier alpha value is -2.11. The SMILES string of the molecule is Cc1nn(C)cc1CNC(=O)c1noc2c1CCCC2. The van der Waals surface area contributed by atoms with Crippen LogP contribution in [0.15, 0.2) is 10.7 Å². The Morgan fingerprint density at radius 3 is 3.00 bits per heavy atom. The molecule has 0 saturated carbocycles. The third-order valence-electron chi connectivity index (χ3n) is 3.72. The first-order valence-electron chi connectivity index (χ1n) is 6.90. The van der Waals surface area contributed by atoms with Crippen LogP contribution in [0.1, 0.15) is 45.9 Å². The third-order valence-corrected chi connectivity index (χ3v) is 3.72. The van der Waals surface area contributed by atoms with E-state index in [1.807, 2.05) is 20.2 Å². The van der Waals surface area contributed by atoms with Crippen LogP contribution in [0.5, 0.6) is 0 Å². The first-order valence-corrected chi connectivity index (χ1v) is 6.90. The van der Waals surface area contributed by atoms with Crippen LogP contribution in [0.3, 0.4) is 0 Å². The molecule has 2 aromatic rings. The van der Waals surface area contributed by atoms with E-state index in [0.717, 1.165) is 48.3 Å². The van der Waals surface area contributed by atoms with Crippen LogP contribution in [0.2, 0.25) is 0 Å². The average Bonchev–Trinajstić information content (AvgIpc) is 2.99. The topological polar surface area (TPSA) is 73.0 Å². The monoisotopic (exact) mass is 274 g/mol. The highest BCUT2D eigenvalue weighted by molar-refractivity contribution is 5.93. The van der Waals surface area contributed by atoms with Crippen molar-refractivity contribution in [2.24, 2.45) is 7.05 Å². The van der Waals surface area contributed by atoms with Crippen molar-refractivity contribution in [1.29, 1.82) is 0 Å². The molecule has 6 heteroatoms. The molecule has 0 radical (unpaired) electrons. The zero-order valence-corrected chi connectivity index (χ0v) is 11.8. The van der Waals surface area contributed by atoms with E-state index in [9.17, 15) is 4.79 Å². The highest BCUT2D eigenvalue weighted by atomic mass is 16.5. The zero-order chi connectivity index (χ0) is 14.1. The van der Waals surface area contributed by atoms with Gasteiger partial charge in [0.1, 0.15) is 5.76 Å². The van der Waals surface area contributed by atoms with Gasteiger partial charge in [0, 0.05) is 37.3 Å². The lowest BCUT2D eigenvalue weighted by atomic mass is 9.96. The molecule has 0 saturated heterocycles. The summed E-state index contributed by atoms with van der Waals surface area (Å²) in [5.41, 5.74) is 3.37. The maximum atomic E-state index is 12.2. The predicted molar refractivity (Wildman–Crippen MR) is 72.3 cm³/mol. The van der Waals surface area contributed by atoms with E-state index in [1.165, 1.54) is 0 Å². The van der Waals surface area contributed by atoms with Gasteiger partial charge in [0.25, 0.3) is 5.91 Å². The fourth-order valence-electron chi connectivity index (χ4n) is 2.64. The molecule has 1 amide bonds. The second-order valence-electron chi connectivity index (χ2n) is 5.24. The molecule has 0 fully saturated rings. The molecule has 0 atom stereocenters. The molecule has 1 aliphatic carbocycles. The lowest BCUT2D eigenvalue weighted by Crippen LogP contribution is -2.24. The van der Waals surface area contributed by atoms with Gasteiger partial charge in [-0.2, -0.15) is 5.10 Å². The summed E-state index contributed by atoms with van der Waals surface area (Å²) in [6.45, 7) is 2.39. The van der Waals surface area contributed by atoms with Gasteiger partial charge < -0.3 is 9.84 Å². The van der Waals surface area contributed by atoms with E-state index >= 15 is 0 Å². The van der Waals surface area contributed by atoms with Gasteiger partial charge in [0.05, 0.1) is 5.69 Å². The maximum Gasteiger partial charge on any atom is 0.274 e. The summed E-state index contributed by atoms with van der Waals surface area (Å²) >= 11 is 0. The Bertz CT molecular complexity index is 642. The van der Waals surface area contributed by atoms with Gasteiger partial charge in [-0.25, -0.2) is 0 Å². The lowest BCUT2D eigenvalue weighted by molar-refractivity contribution is 0.0941. The van der Waals surface area contributed by atoms with Crippen molar-refractivity contribution in [3.05, 3.63) is 34.5 Å². The fourth-order valence-corrected chi connectivity index (χ4v) is 2.64. The molecule has 0 unspecified atom stereocenters. The Kier molecular flexibility index (Phi) is 3.30. The number of hydrogen-bond acceptors (Lipinski definition) is 4. The number of carbonyl (C=O) groups excluding carboxylic acids is 1. The fraction of sp³-hybridized carbons (Fsp3) is 0.500. The molecular formula is C14H18N4O2. The molecule has 3 rings (SSSR count). The smallest absolute Gasteiger partial charge is 0.274 e. The summed E-state index contributed by atoms with van der Waals surface area (Å²) in [6.07, 6.45) is 5.88. The van der Waals surface area contributed by atoms with Crippen molar-refractivity contribution in [1.82, 2.24) is 20.3 Å². The Balaban J connectivity index is 1.70. The van der Waals surface area contributed by atoms with Gasteiger partial charge in [-0.15, -0.1) is 0 Å². The van der Waals surface area contributed by atoms with Gasteiger partial charge in [-0.05, 0) is 26.2 Å². The molecule has 0 bridgehead atoms. The minimum Gasteiger partial charge on any atom is -0.360 e. The second kappa shape index (κ2) is 5.11. The maximum absolute atomic E-state index is 12.2. The number of amides is 1. The summed E-state index contributed by atoms with van der Waals surface area (Å²) in [5.74, 6) is 0.708. The highest BCUT2D eigenvalue weighted by Crippen LogP contribution is 2.24. The molecule has 1 N–H and O–H groups in total. The average molecular weight is 274 g/mol. The van der Waals surface area contributed by atoms with Crippen LogP contribution in [-0.2, 0) is 26.4 Å². The van der Waals surface area contributed by atoms with Crippen LogP contribution in [-0.4, -0.2) is 20.8 Å².